The van der Waals surface area contributed by atoms with Crippen LogP contribution in [-0.4, -0.2) is 24.6 Å². The van der Waals surface area contributed by atoms with Gasteiger partial charge in [-0.1, -0.05) is 6.07 Å². The van der Waals surface area contributed by atoms with Gasteiger partial charge in [0.25, 0.3) is 5.69 Å². The minimum atomic E-state index is -0.371. The van der Waals surface area contributed by atoms with Crippen LogP contribution in [0.15, 0.2) is 18.2 Å². The molecule has 0 spiro atoms. The van der Waals surface area contributed by atoms with Crippen LogP contribution < -0.4 is 10.1 Å². The van der Waals surface area contributed by atoms with Gasteiger partial charge in [0.05, 0.1) is 17.1 Å². The van der Waals surface area contributed by atoms with E-state index in [4.69, 9.17) is 4.74 Å². The molecule has 1 aromatic carbocycles. The van der Waals surface area contributed by atoms with Crippen molar-refractivity contribution in [3.63, 3.8) is 0 Å². The summed E-state index contributed by atoms with van der Waals surface area (Å²) in [4.78, 5) is 10.4. The fourth-order valence-electron chi connectivity index (χ4n) is 2.23. The molecular formula is C13H18N2O3. The first-order valence-corrected chi connectivity index (χ1v) is 6.26. The highest BCUT2D eigenvalue weighted by molar-refractivity contribution is 5.48. The van der Waals surface area contributed by atoms with Crippen molar-refractivity contribution in [3.05, 3.63) is 33.9 Å². The molecule has 1 aliphatic heterocycles. The molecule has 2 rings (SSSR count). The summed E-state index contributed by atoms with van der Waals surface area (Å²) in [5.41, 5.74) is 0.723. The number of nitrogens with one attached hydrogen (secondary N) is 1. The van der Waals surface area contributed by atoms with Crippen LogP contribution in [0.3, 0.4) is 0 Å². The summed E-state index contributed by atoms with van der Waals surface area (Å²) in [6.45, 7) is 4.39. The normalized spacial score (nSPS) is 19.5. The van der Waals surface area contributed by atoms with Crippen molar-refractivity contribution in [2.45, 2.75) is 19.8 Å². The molecule has 1 aliphatic rings. The Balaban J connectivity index is 2.00. The minimum Gasteiger partial charge on any atom is -0.493 e. The van der Waals surface area contributed by atoms with Gasteiger partial charge in [-0.25, -0.2) is 0 Å². The maximum Gasteiger partial charge on any atom is 0.276 e. The summed E-state index contributed by atoms with van der Waals surface area (Å²) in [6.07, 6.45) is 2.32. The lowest BCUT2D eigenvalue weighted by molar-refractivity contribution is -0.385. The molecule has 1 heterocycles. The topological polar surface area (TPSA) is 64.4 Å². The number of hydrogen-bond donors (Lipinski definition) is 1. The second-order valence-electron chi connectivity index (χ2n) is 4.68. The van der Waals surface area contributed by atoms with Crippen LogP contribution >= 0.6 is 0 Å². The third-order valence-corrected chi connectivity index (χ3v) is 3.33. The van der Waals surface area contributed by atoms with E-state index in [1.54, 1.807) is 19.1 Å². The van der Waals surface area contributed by atoms with E-state index in [9.17, 15) is 10.1 Å². The molecule has 1 atom stereocenters. The number of nitro groups is 1. The van der Waals surface area contributed by atoms with Crippen molar-refractivity contribution in [2.75, 3.05) is 19.7 Å². The van der Waals surface area contributed by atoms with Gasteiger partial charge in [-0.05, 0) is 32.4 Å². The van der Waals surface area contributed by atoms with E-state index in [-0.39, 0.29) is 10.6 Å². The van der Waals surface area contributed by atoms with E-state index in [0.29, 0.717) is 23.8 Å². The molecule has 1 aromatic rings. The Hall–Kier alpha value is -1.62. The summed E-state index contributed by atoms with van der Waals surface area (Å²) in [5, 5.41) is 14.1. The quantitative estimate of drug-likeness (QED) is 0.657. The van der Waals surface area contributed by atoms with Crippen LogP contribution in [0.2, 0.25) is 0 Å². The number of nitro benzene ring substituents is 1. The SMILES string of the molecule is Cc1c(OCC2CCCNC2)cccc1[N+](=O)[O-]. The number of nitrogens with zero attached hydrogens (tertiary/aromatic N) is 1. The Labute approximate surface area is 106 Å². The lowest BCUT2D eigenvalue weighted by atomic mass is 10.0. The van der Waals surface area contributed by atoms with Crippen LogP contribution in [-0.2, 0) is 0 Å². The lowest BCUT2D eigenvalue weighted by Crippen LogP contribution is -2.33. The predicted octanol–water partition coefficient (Wildman–Crippen LogP) is 2.28. The van der Waals surface area contributed by atoms with Gasteiger partial charge in [-0.15, -0.1) is 0 Å². The van der Waals surface area contributed by atoms with Gasteiger partial charge in [0, 0.05) is 18.5 Å². The third-order valence-electron chi connectivity index (χ3n) is 3.33. The highest BCUT2D eigenvalue weighted by Crippen LogP contribution is 2.27. The highest BCUT2D eigenvalue weighted by Gasteiger charge is 2.17. The van der Waals surface area contributed by atoms with Gasteiger partial charge in [0.1, 0.15) is 5.75 Å². The maximum absolute atomic E-state index is 10.8. The van der Waals surface area contributed by atoms with E-state index < -0.39 is 0 Å². The Morgan fingerprint density at radius 2 is 2.39 bits per heavy atom. The molecule has 0 amide bonds. The van der Waals surface area contributed by atoms with Crippen LogP contribution in [0.5, 0.6) is 5.75 Å². The Morgan fingerprint density at radius 3 is 3.06 bits per heavy atom. The number of piperidine rings is 1. The van der Waals surface area contributed by atoms with Gasteiger partial charge < -0.3 is 10.1 Å². The zero-order valence-corrected chi connectivity index (χ0v) is 10.5. The van der Waals surface area contributed by atoms with Crippen LogP contribution in [0.4, 0.5) is 5.69 Å². The average molecular weight is 250 g/mol. The highest BCUT2D eigenvalue weighted by atomic mass is 16.6. The fourth-order valence-corrected chi connectivity index (χ4v) is 2.23. The summed E-state index contributed by atoms with van der Waals surface area (Å²) in [5.74, 6) is 1.12. The molecule has 0 aromatic heterocycles. The largest absolute Gasteiger partial charge is 0.493 e. The first-order valence-electron chi connectivity index (χ1n) is 6.26. The lowest BCUT2D eigenvalue weighted by Gasteiger charge is -2.23. The zero-order valence-electron chi connectivity index (χ0n) is 10.5. The van der Waals surface area contributed by atoms with E-state index in [0.717, 1.165) is 19.5 Å². The van der Waals surface area contributed by atoms with E-state index in [1.807, 2.05) is 0 Å². The van der Waals surface area contributed by atoms with E-state index in [1.165, 1.54) is 12.5 Å². The van der Waals surface area contributed by atoms with Crippen LogP contribution in [0, 0.1) is 23.0 Å². The summed E-state index contributed by atoms with van der Waals surface area (Å²) < 4.78 is 5.72. The predicted molar refractivity (Wildman–Crippen MR) is 68.9 cm³/mol. The van der Waals surface area contributed by atoms with Crippen molar-refractivity contribution in [2.24, 2.45) is 5.92 Å². The Bertz CT molecular complexity index is 428. The first kappa shape index (κ1) is 12.8. The van der Waals surface area contributed by atoms with E-state index in [2.05, 4.69) is 5.32 Å². The molecule has 5 heteroatoms. The standard InChI is InChI=1S/C13H18N2O3/c1-10-12(15(16)17)5-2-6-13(10)18-9-11-4-3-7-14-8-11/h2,5-6,11,14H,3-4,7-9H2,1H3. The molecule has 0 radical (unpaired) electrons. The monoisotopic (exact) mass is 250 g/mol. The summed E-state index contributed by atoms with van der Waals surface area (Å²) in [6, 6.07) is 4.96. The first-order chi connectivity index (χ1) is 8.68. The van der Waals surface area contributed by atoms with Crippen LogP contribution in [0.1, 0.15) is 18.4 Å². The summed E-state index contributed by atoms with van der Waals surface area (Å²) >= 11 is 0. The van der Waals surface area contributed by atoms with E-state index >= 15 is 0 Å². The Morgan fingerprint density at radius 1 is 1.56 bits per heavy atom. The van der Waals surface area contributed by atoms with Crippen molar-refractivity contribution < 1.29 is 9.66 Å². The summed E-state index contributed by atoms with van der Waals surface area (Å²) in [7, 11) is 0. The van der Waals surface area contributed by atoms with Crippen molar-refractivity contribution in [3.8, 4) is 5.75 Å². The molecule has 1 N–H and O–H groups in total. The molecule has 0 aliphatic carbocycles. The molecule has 18 heavy (non-hydrogen) atoms. The average Bonchev–Trinajstić information content (AvgIpc) is 2.38. The van der Waals surface area contributed by atoms with Gasteiger partial charge in [-0.2, -0.15) is 0 Å². The molecule has 0 saturated carbocycles. The number of hydrogen-bond acceptors (Lipinski definition) is 4. The number of ether oxygens (including phenoxy) is 1. The van der Waals surface area contributed by atoms with Gasteiger partial charge in [0.15, 0.2) is 0 Å². The fraction of sp³-hybridized carbons (Fsp3) is 0.538. The molecule has 1 unspecified atom stereocenters. The second kappa shape index (κ2) is 5.82. The van der Waals surface area contributed by atoms with Gasteiger partial charge >= 0.3 is 0 Å². The molecular weight excluding hydrogens is 232 g/mol. The molecule has 1 fully saturated rings. The third kappa shape index (κ3) is 2.98. The molecule has 1 saturated heterocycles. The van der Waals surface area contributed by atoms with Crippen molar-refractivity contribution in [1.82, 2.24) is 5.32 Å². The van der Waals surface area contributed by atoms with Gasteiger partial charge in [-0.3, -0.25) is 10.1 Å². The molecule has 98 valence electrons. The number of benzene rings is 1. The number of rotatable bonds is 4. The molecule has 0 bridgehead atoms. The van der Waals surface area contributed by atoms with Crippen molar-refractivity contribution in [1.29, 1.82) is 0 Å². The van der Waals surface area contributed by atoms with Crippen LogP contribution in [0.25, 0.3) is 0 Å². The zero-order chi connectivity index (χ0) is 13.0. The smallest absolute Gasteiger partial charge is 0.276 e. The minimum absolute atomic E-state index is 0.120. The van der Waals surface area contributed by atoms with Gasteiger partial charge in [0.2, 0.25) is 0 Å². The second-order valence-corrected chi connectivity index (χ2v) is 4.68. The Kier molecular flexibility index (Phi) is 4.15. The molecule has 5 nitrogen and oxygen atoms in total. The van der Waals surface area contributed by atoms with Crippen molar-refractivity contribution >= 4 is 5.69 Å². The maximum atomic E-state index is 10.8.